The van der Waals surface area contributed by atoms with Crippen LogP contribution in [0.2, 0.25) is 0 Å². The van der Waals surface area contributed by atoms with Crippen LogP contribution in [-0.2, 0) is 4.79 Å². The second-order valence-electron chi connectivity index (χ2n) is 5.09. The highest BCUT2D eigenvalue weighted by Gasteiger charge is 2.20. The van der Waals surface area contributed by atoms with Gasteiger partial charge < -0.3 is 14.6 Å². The number of carboxylic acids is 1. The van der Waals surface area contributed by atoms with E-state index in [1.54, 1.807) is 42.5 Å². The molecule has 0 aliphatic heterocycles. The van der Waals surface area contributed by atoms with Gasteiger partial charge in [-0.1, -0.05) is 24.3 Å². The monoisotopic (exact) mass is 318 g/mol. The van der Waals surface area contributed by atoms with E-state index in [4.69, 9.17) is 9.47 Å². The zero-order valence-electron chi connectivity index (χ0n) is 12.9. The second kappa shape index (κ2) is 8.17. The van der Waals surface area contributed by atoms with Crippen LogP contribution >= 0.6 is 0 Å². The Morgan fingerprint density at radius 2 is 2.00 bits per heavy atom. The maximum Gasteiger partial charge on any atom is 0.310 e. The Bertz CT molecular complexity index is 657. The lowest BCUT2D eigenvalue weighted by Crippen LogP contribution is -2.13. The van der Waals surface area contributed by atoms with E-state index in [2.05, 4.69) is 0 Å². The van der Waals surface area contributed by atoms with Gasteiger partial charge in [-0.3, -0.25) is 4.79 Å². The van der Waals surface area contributed by atoms with Gasteiger partial charge in [-0.25, -0.2) is 4.39 Å². The Kier molecular flexibility index (Phi) is 5.97. The fraction of sp³-hybridized carbons (Fsp3) is 0.278. The molecule has 0 spiro atoms. The van der Waals surface area contributed by atoms with E-state index in [1.165, 1.54) is 13.2 Å². The highest BCUT2D eigenvalue weighted by Crippen LogP contribution is 2.25. The maximum absolute atomic E-state index is 13.4. The van der Waals surface area contributed by atoms with Gasteiger partial charge in [0.05, 0.1) is 19.6 Å². The van der Waals surface area contributed by atoms with Crippen LogP contribution < -0.4 is 9.47 Å². The van der Waals surface area contributed by atoms with Gasteiger partial charge in [-0.2, -0.15) is 0 Å². The normalized spacial score (nSPS) is 11.7. The molecule has 0 aliphatic rings. The quantitative estimate of drug-likeness (QED) is 0.751. The van der Waals surface area contributed by atoms with Crippen molar-refractivity contribution in [1.82, 2.24) is 0 Å². The highest BCUT2D eigenvalue weighted by molar-refractivity contribution is 5.76. The van der Waals surface area contributed by atoms with Crippen molar-refractivity contribution in [2.24, 2.45) is 0 Å². The van der Waals surface area contributed by atoms with E-state index >= 15 is 0 Å². The van der Waals surface area contributed by atoms with Crippen LogP contribution in [0, 0.1) is 5.82 Å². The van der Waals surface area contributed by atoms with E-state index in [1.807, 2.05) is 0 Å². The summed E-state index contributed by atoms with van der Waals surface area (Å²) in [5.41, 5.74) is 0.683. The second-order valence-corrected chi connectivity index (χ2v) is 5.09. The summed E-state index contributed by atoms with van der Waals surface area (Å²) in [6.45, 7) is 0.259. The number of methoxy groups -OCH3 is 1. The van der Waals surface area contributed by atoms with E-state index in [9.17, 15) is 14.3 Å². The smallest absolute Gasteiger partial charge is 0.310 e. The molecule has 0 saturated heterocycles. The summed E-state index contributed by atoms with van der Waals surface area (Å²) in [6.07, 6.45) is 0.902. The molecule has 2 rings (SSSR count). The molecule has 2 aromatic rings. The molecular weight excluding hydrogens is 299 g/mol. The minimum atomic E-state index is -0.899. The number of hydrogen-bond donors (Lipinski definition) is 1. The third-order valence-electron chi connectivity index (χ3n) is 3.53. The summed E-state index contributed by atoms with van der Waals surface area (Å²) in [7, 11) is 1.54. The van der Waals surface area contributed by atoms with Crippen LogP contribution in [0.25, 0.3) is 0 Å². The lowest BCUT2D eigenvalue weighted by Gasteiger charge is -2.14. The van der Waals surface area contributed by atoms with Crippen molar-refractivity contribution in [3.63, 3.8) is 0 Å². The summed E-state index contributed by atoms with van der Waals surface area (Å²) in [6, 6.07) is 13.2. The summed E-state index contributed by atoms with van der Waals surface area (Å²) in [4.78, 5) is 11.5. The molecule has 1 unspecified atom stereocenters. The summed E-state index contributed by atoms with van der Waals surface area (Å²) in [5.74, 6) is -1.16. The first kappa shape index (κ1) is 16.8. The van der Waals surface area contributed by atoms with Crippen molar-refractivity contribution >= 4 is 5.97 Å². The van der Waals surface area contributed by atoms with Crippen LogP contribution in [-0.4, -0.2) is 24.8 Å². The summed E-state index contributed by atoms with van der Waals surface area (Å²) >= 11 is 0. The number of carboxylic acid groups (broad SMARTS) is 1. The van der Waals surface area contributed by atoms with Crippen molar-refractivity contribution in [1.29, 1.82) is 0 Å². The SMILES string of the molecule is COc1cccc(C(CCCOc2ccccc2F)C(=O)O)c1. The van der Waals surface area contributed by atoms with Gasteiger partial charge >= 0.3 is 5.97 Å². The molecule has 5 heteroatoms. The van der Waals surface area contributed by atoms with Gasteiger partial charge in [0.25, 0.3) is 0 Å². The first-order valence-corrected chi connectivity index (χ1v) is 7.36. The van der Waals surface area contributed by atoms with Crippen molar-refractivity contribution in [3.05, 3.63) is 59.9 Å². The summed E-state index contributed by atoms with van der Waals surface area (Å²) < 4.78 is 23.9. The van der Waals surface area contributed by atoms with E-state index < -0.39 is 17.7 Å². The third kappa shape index (κ3) is 4.71. The number of rotatable bonds is 8. The zero-order valence-corrected chi connectivity index (χ0v) is 12.9. The third-order valence-corrected chi connectivity index (χ3v) is 3.53. The van der Waals surface area contributed by atoms with Crippen LogP contribution in [0.4, 0.5) is 4.39 Å². The molecule has 0 aromatic heterocycles. The van der Waals surface area contributed by atoms with Crippen LogP contribution in [0.5, 0.6) is 11.5 Å². The van der Waals surface area contributed by atoms with Crippen LogP contribution in [0.15, 0.2) is 48.5 Å². The number of benzene rings is 2. The average Bonchev–Trinajstić information content (AvgIpc) is 2.56. The molecule has 1 N–H and O–H groups in total. The number of para-hydroxylation sites is 1. The van der Waals surface area contributed by atoms with E-state index in [0.29, 0.717) is 24.2 Å². The minimum Gasteiger partial charge on any atom is -0.497 e. The molecule has 0 heterocycles. The van der Waals surface area contributed by atoms with Crippen LogP contribution in [0.1, 0.15) is 24.3 Å². The van der Waals surface area contributed by atoms with E-state index in [-0.39, 0.29) is 12.4 Å². The molecule has 122 valence electrons. The Hall–Kier alpha value is -2.56. The molecule has 0 bridgehead atoms. The van der Waals surface area contributed by atoms with Crippen molar-refractivity contribution in [2.75, 3.05) is 13.7 Å². The standard InChI is InChI=1S/C18H19FO4/c1-22-14-7-4-6-13(12-14)15(18(20)21)8-5-11-23-17-10-3-2-9-16(17)19/h2-4,6-7,9-10,12,15H,5,8,11H2,1H3,(H,20,21). The molecular formula is C18H19FO4. The summed E-state index contributed by atoms with van der Waals surface area (Å²) in [5, 5.41) is 9.41. The van der Waals surface area contributed by atoms with Crippen molar-refractivity contribution in [2.45, 2.75) is 18.8 Å². The van der Waals surface area contributed by atoms with E-state index in [0.717, 1.165) is 0 Å². The predicted molar refractivity (Wildman–Crippen MR) is 84.5 cm³/mol. The van der Waals surface area contributed by atoms with Crippen molar-refractivity contribution in [3.8, 4) is 11.5 Å². The number of hydrogen-bond acceptors (Lipinski definition) is 3. The molecule has 0 saturated carbocycles. The predicted octanol–water partition coefficient (Wildman–Crippen LogP) is 3.86. The largest absolute Gasteiger partial charge is 0.497 e. The Morgan fingerprint density at radius 3 is 2.70 bits per heavy atom. The molecule has 23 heavy (non-hydrogen) atoms. The van der Waals surface area contributed by atoms with Gasteiger partial charge in [-0.15, -0.1) is 0 Å². The highest BCUT2D eigenvalue weighted by atomic mass is 19.1. The van der Waals surface area contributed by atoms with Gasteiger partial charge in [0.1, 0.15) is 5.75 Å². The lowest BCUT2D eigenvalue weighted by molar-refractivity contribution is -0.139. The number of halogens is 1. The van der Waals surface area contributed by atoms with Crippen LogP contribution in [0.3, 0.4) is 0 Å². The first-order chi connectivity index (χ1) is 11.1. The Balaban J connectivity index is 1.93. The van der Waals surface area contributed by atoms with Crippen molar-refractivity contribution < 1.29 is 23.8 Å². The van der Waals surface area contributed by atoms with Gasteiger partial charge in [-0.05, 0) is 42.7 Å². The fourth-order valence-corrected chi connectivity index (χ4v) is 2.32. The minimum absolute atomic E-state index is 0.181. The number of ether oxygens (including phenoxy) is 2. The topological polar surface area (TPSA) is 55.8 Å². The number of carbonyl (C=O) groups is 1. The molecule has 0 fully saturated rings. The molecule has 1 atom stereocenters. The lowest BCUT2D eigenvalue weighted by atomic mass is 9.94. The van der Waals surface area contributed by atoms with Gasteiger partial charge in [0.15, 0.2) is 11.6 Å². The molecule has 0 amide bonds. The Morgan fingerprint density at radius 1 is 1.22 bits per heavy atom. The molecule has 2 aromatic carbocycles. The first-order valence-electron chi connectivity index (χ1n) is 7.36. The Labute approximate surface area is 134 Å². The molecule has 0 radical (unpaired) electrons. The van der Waals surface area contributed by atoms with Gasteiger partial charge in [0.2, 0.25) is 0 Å². The molecule has 4 nitrogen and oxygen atoms in total. The van der Waals surface area contributed by atoms with Gasteiger partial charge in [0, 0.05) is 0 Å². The molecule has 0 aliphatic carbocycles. The number of aliphatic carboxylic acids is 1. The average molecular weight is 318 g/mol. The maximum atomic E-state index is 13.4. The zero-order chi connectivity index (χ0) is 16.7. The fourth-order valence-electron chi connectivity index (χ4n) is 2.32.